The van der Waals surface area contributed by atoms with Crippen LogP contribution < -0.4 is 5.32 Å². The Morgan fingerprint density at radius 2 is 2.06 bits per heavy atom. The molecule has 1 aromatic rings. The van der Waals surface area contributed by atoms with Crippen LogP contribution in [0.15, 0.2) is 24.3 Å². The van der Waals surface area contributed by atoms with Crippen molar-refractivity contribution >= 4 is 17.4 Å². The first-order chi connectivity index (χ1) is 7.90. The number of nitrogens with one attached hydrogen (secondary N) is 1. The molecule has 0 spiro atoms. The molecule has 1 rings (SSSR count). The fourth-order valence-corrected chi connectivity index (χ4v) is 2.29. The van der Waals surface area contributed by atoms with Crippen LogP contribution in [0.4, 0.5) is 5.69 Å². The average Bonchev–Trinajstić information content (AvgIpc) is 2.26. The highest BCUT2D eigenvalue weighted by molar-refractivity contribution is 8.00. The predicted octanol–water partition coefficient (Wildman–Crippen LogP) is 3.51. The van der Waals surface area contributed by atoms with Gasteiger partial charge in [0.25, 0.3) is 0 Å². The van der Waals surface area contributed by atoms with Gasteiger partial charge in [-0.15, -0.1) is 0 Å². The lowest BCUT2D eigenvalue weighted by Gasteiger charge is -2.22. The summed E-state index contributed by atoms with van der Waals surface area (Å²) in [5, 5.41) is 12.5. The molecule has 1 aromatic carbocycles. The van der Waals surface area contributed by atoms with Gasteiger partial charge in [-0.2, -0.15) is 11.8 Å². The summed E-state index contributed by atoms with van der Waals surface area (Å²) < 4.78 is 0.308. The topological polar surface area (TPSA) is 32.3 Å². The second kappa shape index (κ2) is 6.31. The fourth-order valence-electron chi connectivity index (χ4n) is 1.46. The quantitative estimate of drug-likeness (QED) is 0.842. The molecule has 2 nitrogen and oxygen atoms in total. The molecule has 17 heavy (non-hydrogen) atoms. The lowest BCUT2D eigenvalue weighted by Crippen LogP contribution is -2.21. The van der Waals surface area contributed by atoms with Crippen molar-refractivity contribution in [3.63, 3.8) is 0 Å². The molecule has 1 atom stereocenters. The van der Waals surface area contributed by atoms with Gasteiger partial charge in [-0.25, -0.2) is 0 Å². The lowest BCUT2D eigenvalue weighted by atomic mass is 10.2. The van der Waals surface area contributed by atoms with Crippen LogP contribution in [0.2, 0.25) is 0 Å². The molecule has 0 fully saturated rings. The maximum absolute atomic E-state index is 9.07. The number of aliphatic hydroxyl groups excluding tert-OH is 1. The Hall–Kier alpha value is -0.670. The van der Waals surface area contributed by atoms with Gasteiger partial charge in [-0.1, -0.05) is 32.9 Å². The van der Waals surface area contributed by atoms with E-state index in [-0.39, 0.29) is 6.61 Å². The Balaban J connectivity index is 2.47. The first kappa shape index (κ1) is 14.4. The molecule has 0 radical (unpaired) electrons. The van der Waals surface area contributed by atoms with E-state index in [1.165, 1.54) is 0 Å². The first-order valence-electron chi connectivity index (χ1n) is 6.01. The van der Waals surface area contributed by atoms with Crippen molar-refractivity contribution in [2.45, 2.75) is 45.1 Å². The maximum atomic E-state index is 9.07. The van der Waals surface area contributed by atoms with E-state index in [0.29, 0.717) is 10.8 Å². The molecular weight excluding hydrogens is 230 g/mol. The Morgan fingerprint density at radius 3 is 2.65 bits per heavy atom. The van der Waals surface area contributed by atoms with E-state index in [2.05, 4.69) is 33.0 Å². The van der Waals surface area contributed by atoms with Crippen LogP contribution in [0.3, 0.4) is 0 Å². The smallest absolute Gasteiger partial charge is 0.0682 e. The normalized spacial score (nSPS) is 13.5. The number of rotatable bonds is 5. The Kier molecular flexibility index (Phi) is 5.34. The second-order valence-electron chi connectivity index (χ2n) is 5.33. The first-order valence-corrected chi connectivity index (χ1v) is 6.99. The molecule has 2 N–H and O–H groups in total. The summed E-state index contributed by atoms with van der Waals surface area (Å²) in [6, 6.07) is 8.36. The van der Waals surface area contributed by atoms with Crippen LogP contribution in [-0.2, 0) is 6.61 Å². The predicted molar refractivity (Wildman–Crippen MR) is 77.7 cm³/mol. The number of anilines is 1. The standard InChI is InChI=1S/C14H23NOS/c1-11(10-17-14(2,3)4)15-13-7-5-6-12(8-13)9-16/h5-8,11,15-16H,9-10H2,1-4H3/t11-/m1/s1. The maximum Gasteiger partial charge on any atom is 0.0682 e. The van der Waals surface area contributed by atoms with Crippen LogP contribution >= 0.6 is 11.8 Å². The van der Waals surface area contributed by atoms with Gasteiger partial charge in [-0.3, -0.25) is 0 Å². The molecule has 0 bridgehead atoms. The molecule has 0 heterocycles. The van der Waals surface area contributed by atoms with E-state index >= 15 is 0 Å². The number of hydrogen-bond acceptors (Lipinski definition) is 3. The Bertz CT molecular complexity index is 346. The largest absolute Gasteiger partial charge is 0.392 e. The van der Waals surface area contributed by atoms with Gasteiger partial charge in [0.05, 0.1) is 6.61 Å². The minimum atomic E-state index is 0.0979. The van der Waals surface area contributed by atoms with E-state index in [1.807, 2.05) is 36.0 Å². The second-order valence-corrected chi connectivity index (χ2v) is 7.17. The molecule has 96 valence electrons. The zero-order chi connectivity index (χ0) is 12.9. The van der Waals surface area contributed by atoms with Gasteiger partial charge in [-0.05, 0) is 24.6 Å². The van der Waals surface area contributed by atoms with Crippen LogP contribution in [0.5, 0.6) is 0 Å². The molecule has 0 amide bonds. The third kappa shape index (κ3) is 5.99. The van der Waals surface area contributed by atoms with Crippen molar-refractivity contribution in [2.24, 2.45) is 0 Å². The third-order valence-corrected chi connectivity index (χ3v) is 3.82. The zero-order valence-electron chi connectivity index (χ0n) is 11.2. The van der Waals surface area contributed by atoms with Crippen molar-refractivity contribution in [1.82, 2.24) is 0 Å². The summed E-state index contributed by atoms with van der Waals surface area (Å²) in [5.74, 6) is 1.08. The minimum Gasteiger partial charge on any atom is -0.392 e. The van der Waals surface area contributed by atoms with Crippen molar-refractivity contribution < 1.29 is 5.11 Å². The van der Waals surface area contributed by atoms with E-state index < -0.39 is 0 Å². The van der Waals surface area contributed by atoms with E-state index in [1.54, 1.807) is 0 Å². The molecule has 0 aliphatic heterocycles. The van der Waals surface area contributed by atoms with Gasteiger partial charge in [0.2, 0.25) is 0 Å². The Labute approximate surface area is 109 Å². The summed E-state index contributed by atoms with van der Waals surface area (Å²) in [5.41, 5.74) is 2.03. The summed E-state index contributed by atoms with van der Waals surface area (Å²) in [6.45, 7) is 8.98. The average molecular weight is 253 g/mol. The van der Waals surface area contributed by atoms with Gasteiger partial charge < -0.3 is 10.4 Å². The highest BCUT2D eigenvalue weighted by Crippen LogP contribution is 2.24. The number of aliphatic hydroxyl groups is 1. The molecule has 0 aliphatic carbocycles. The highest BCUT2D eigenvalue weighted by Gasteiger charge is 2.12. The molecular formula is C14H23NOS. The molecule has 0 aromatic heterocycles. The Morgan fingerprint density at radius 1 is 1.35 bits per heavy atom. The summed E-state index contributed by atoms with van der Waals surface area (Å²) >= 11 is 1.96. The minimum absolute atomic E-state index is 0.0979. The van der Waals surface area contributed by atoms with E-state index in [0.717, 1.165) is 17.0 Å². The monoisotopic (exact) mass is 253 g/mol. The molecule has 0 unspecified atom stereocenters. The van der Waals surface area contributed by atoms with Crippen molar-refractivity contribution in [3.05, 3.63) is 29.8 Å². The molecule has 3 heteroatoms. The zero-order valence-corrected chi connectivity index (χ0v) is 12.0. The van der Waals surface area contributed by atoms with Crippen molar-refractivity contribution in [1.29, 1.82) is 0 Å². The van der Waals surface area contributed by atoms with E-state index in [9.17, 15) is 0 Å². The van der Waals surface area contributed by atoms with Gasteiger partial charge in [0.1, 0.15) is 0 Å². The van der Waals surface area contributed by atoms with Gasteiger partial charge >= 0.3 is 0 Å². The number of thioether (sulfide) groups is 1. The molecule has 0 saturated heterocycles. The van der Waals surface area contributed by atoms with Gasteiger partial charge in [0.15, 0.2) is 0 Å². The number of hydrogen-bond donors (Lipinski definition) is 2. The number of benzene rings is 1. The lowest BCUT2D eigenvalue weighted by molar-refractivity contribution is 0.282. The van der Waals surface area contributed by atoms with E-state index in [4.69, 9.17) is 5.11 Å². The summed E-state index contributed by atoms with van der Waals surface area (Å²) in [4.78, 5) is 0. The molecule has 0 aliphatic rings. The third-order valence-electron chi connectivity index (χ3n) is 2.29. The highest BCUT2D eigenvalue weighted by atomic mass is 32.2. The van der Waals surface area contributed by atoms with Crippen LogP contribution in [0.25, 0.3) is 0 Å². The van der Waals surface area contributed by atoms with Crippen LogP contribution in [0, 0.1) is 0 Å². The summed E-state index contributed by atoms with van der Waals surface area (Å²) in [6.07, 6.45) is 0. The van der Waals surface area contributed by atoms with Crippen LogP contribution in [0.1, 0.15) is 33.3 Å². The van der Waals surface area contributed by atoms with Gasteiger partial charge in [0, 0.05) is 22.2 Å². The summed E-state index contributed by atoms with van der Waals surface area (Å²) in [7, 11) is 0. The van der Waals surface area contributed by atoms with Crippen LogP contribution in [-0.4, -0.2) is 21.6 Å². The van der Waals surface area contributed by atoms with Crippen molar-refractivity contribution in [3.8, 4) is 0 Å². The fraction of sp³-hybridized carbons (Fsp3) is 0.571. The SMILES string of the molecule is C[C@H](CSC(C)(C)C)Nc1cccc(CO)c1. The molecule has 0 saturated carbocycles. The van der Waals surface area contributed by atoms with Crippen molar-refractivity contribution in [2.75, 3.05) is 11.1 Å².